The van der Waals surface area contributed by atoms with Gasteiger partial charge in [-0.2, -0.15) is 0 Å². The molecule has 5 heterocycles. The maximum atomic E-state index is 11.8. The van der Waals surface area contributed by atoms with Gasteiger partial charge in [-0.1, -0.05) is 65.7 Å². The van der Waals surface area contributed by atoms with Crippen molar-refractivity contribution in [2.45, 2.75) is 56.8 Å². The number of nitrogens with one attached hydrogen (secondary N) is 3. The number of methoxy groups -OCH3 is 2. The van der Waals surface area contributed by atoms with E-state index in [2.05, 4.69) is 27.8 Å². The summed E-state index contributed by atoms with van der Waals surface area (Å²) in [5.74, 6) is 1.28. The minimum absolute atomic E-state index is 0.0664. The van der Waals surface area contributed by atoms with Gasteiger partial charge in [0.25, 0.3) is 0 Å². The number of benzene rings is 2. The van der Waals surface area contributed by atoms with Crippen molar-refractivity contribution in [3.8, 4) is 45.4 Å². The molecule has 0 bridgehead atoms. The highest BCUT2D eigenvalue weighted by atomic mass is 35.5. The first-order valence-corrected chi connectivity index (χ1v) is 17.7. The van der Waals surface area contributed by atoms with Crippen molar-refractivity contribution in [1.29, 1.82) is 0 Å². The number of aromatic nitrogens is 2. The van der Waals surface area contributed by atoms with Crippen molar-refractivity contribution in [2.24, 2.45) is 0 Å². The highest BCUT2D eigenvalue weighted by molar-refractivity contribution is 6.39. The molecule has 2 amide bonds. The third-order valence-corrected chi connectivity index (χ3v) is 10.9. The largest absolute Gasteiger partial charge is 0.481 e. The summed E-state index contributed by atoms with van der Waals surface area (Å²) in [6.07, 6.45) is 2.88. The molecule has 3 saturated heterocycles. The molecule has 3 aliphatic rings. The molecule has 3 N–H and O–H groups in total. The molecule has 3 fully saturated rings. The maximum absolute atomic E-state index is 11.8. The quantitative estimate of drug-likeness (QED) is 0.168. The maximum Gasteiger partial charge on any atom is 0.220 e. The first-order valence-electron chi connectivity index (χ1n) is 16.9. The Balaban J connectivity index is 1.11. The van der Waals surface area contributed by atoms with Gasteiger partial charge in [-0.25, -0.2) is 9.97 Å². The van der Waals surface area contributed by atoms with Crippen molar-refractivity contribution in [3.05, 3.63) is 81.8 Å². The van der Waals surface area contributed by atoms with Crippen molar-refractivity contribution in [1.82, 2.24) is 30.8 Å². The van der Waals surface area contributed by atoms with Gasteiger partial charge >= 0.3 is 0 Å². The summed E-state index contributed by atoms with van der Waals surface area (Å²) in [6.45, 7) is 4.99. The van der Waals surface area contributed by atoms with Crippen molar-refractivity contribution >= 4 is 35.0 Å². The SMILES string of the molecule is COc1nc(-c2cccc(-c3cccc(-c4ccc([C@@H](C)N5CC6(CCC(=O)N6)C5)c(OC)n4)c3Cl)c2Cl)ccc1CNC[C@@H]1CCC(=O)N1. The van der Waals surface area contributed by atoms with Crippen LogP contribution in [-0.4, -0.2) is 72.1 Å². The van der Waals surface area contributed by atoms with Gasteiger partial charge in [0, 0.05) is 84.5 Å². The van der Waals surface area contributed by atoms with Crippen LogP contribution >= 0.6 is 23.2 Å². The molecule has 12 heteroatoms. The van der Waals surface area contributed by atoms with Crippen LogP contribution in [0.3, 0.4) is 0 Å². The van der Waals surface area contributed by atoms with Gasteiger partial charge in [-0.15, -0.1) is 0 Å². The van der Waals surface area contributed by atoms with Crippen LogP contribution in [0.15, 0.2) is 60.7 Å². The number of carbonyl (C=O) groups excluding carboxylic acids is 2. The van der Waals surface area contributed by atoms with Gasteiger partial charge in [0.1, 0.15) is 0 Å². The third-order valence-electron chi connectivity index (χ3n) is 10.1. The molecule has 2 aromatic heterocycles. The van der Waals surface area contributed by atoms with Crippen LogP contribution in [0.2, 0.25) is 10.0 Å². The molecule has 4 aromatic rings. The fourth-order valence-electron chi connectivity index (χ4n) is 7.31. The van der Waals surface area contributed by atoms with E-state index in [0.29, 0.717) is 59.1 Å². The number of amides is 2. The third kappa shape index (κ3) is 6.65. The Bertz CT molecular complexity index is 1950. The zero-order valence-electron chi connectivity index (χ0n) is 28.3. The predicted octanol–water partition coefficient (Wildman–Crippen LogP) is 6.20. The fraction of sp³-hybridized carbons (Fsp3) is 0.368. The predicted molar refractivity (Wildman–Crippen MR) is 194 cm³/mol. The Kier molecular flexibility index (Phi) is 9.72. The first-order chi connectivity index (χ1) is 24.2. The van der Waals surface area contributed by atoms with Crippen LogP contribution in [-0.2, 0) is 16.1 Å². The molecule has 3 aliphatic heterocycles. The lowest BCUT2D eigenvalue weighted by atomic mass is 9.86. The number of pyridine rings is 2. The second-order valence-corrected chi connectivity index (χ2v) is 14.1. The second kappa shape index (κ2) is 14.2. The number of hydrogen-bond donors (Lipinski definition) is 3. The van der Waals surface area contributed by atoms with Crippen LogP contribution in [0.5, 0.6) is 11.8 Å². The van der Waals surface area contributed by atoms with Crippen LogP contribution in [0.4, 0.5) is 0 Å². The monoisotopic (exact) mass is 714 g/mol. The Morgan fingerprint density at radius 3 is 2.06 bits per heavy atom. The molecule has 0 saturated carbocycles. The van der Waals surface area contributed by atoms with E-state index in [1.54, 1.807) is 14.2 Å². The summed E-state index contributed by atoms with van der Waals surface area (Å²) in [4.78, 5) is 35.4. The minimum atomic E-state index is -0.0989. The summed E-state index contributed by atoms with van der Waals surface area (Å²) in [5.41, 5.74) is 6.19. The normalized spacial score (nSPS) is 18.9. The summed E-state index contributed by atoms with van der Waals surface area (Å²) in [5, 5.41) is 10.6. The molecule has 10 nitrogen and oxygen atoms in total. The average molecular weight is 716 g/mol. The fourth-order valence-corrected chi connectivity index (χ4v) is 7.96. The van der Waals surface area contributed by atoms with Gasteiger partial charge in [0.2, 0.25) is 23.6 Å². The number of ether oxygens (including phenoxy) is 2. The Hall–Kier alpha value is -4.22. The van der Waals surface area contributed by atoms with Gasteiger partial charge in [0.05, 0.1) is 41.2 Å². The van der Waals surface area contributed by atoms with Crippen LogP contribution < -0.4 is 25.4 Å². The summed E-state index contributed by atoms with van der Waals surface area (Å²) in [7, 11) is 3.23. The van der Waals surface area contributed by atoms with Gasteiger partial charge in [0.15, 0.2) is 0 Å². The summed E-state index contributed by atoms with van der Waals surface area (Å²) in [6, 6.07) is 19.8. The van der Waals surface area contributed by atoms with Crippen LogP contribution in [0.1, 0.15) is 49.8 Å². The zero-order valence-corrected chi connectivity index (χ0v) is 29.8. The van der Waals surface area contributed by atoms with E-state index < -0.39 is 0 Å². The first kappa shape index (κ1) is 34.2. The number of hydrogen-bond acceptors (Lipinski definition) is 8. The highest BCUT2D eigenvalue weighted by Crippen LogP contribution is 2.43. The van der Waals surface area contributed by atoms with Crippen molar-refractivity contribution in [2.75, 3.05) is 33.9 Å². The van der Waals surface area contributed by atoms with Gasteiger partial charge in [-0.3, -0.25) is 14.5 Å². The Morgan fingerprint density at radius 1 is 0.860 bits per heavy atom. The van der Waals surface area contributed by atoms with E-state index in [1.165, 1.54) is 0 Å². The molecule has 50 heavy (non-hydrogen) atoms. The van der Waals surface area contributed by atoms with E-state index >= 15 is 0 Å². The molecule has 0 aliphatic carbocycles. The van der Waals surface area contributed by atoms with Crippen LogP contribution in [0, 0.1) is 0 Å². The zero-order chi connectivity index (χ0) is 35.0. The summed E-state index contributed by atoms with van der Waals surface area (Å²) >= 11 is 14.2. The van der Waals surface area contributed by atoms with Gasteiger partial charge < -0.3 is 25.4 Å². The lowest BCUT2D eigenvalue weighted by Crippen LogP contribution is -2.67. The number of likely N-dealkylation sites (tertiary alicyclic amines) is 1. The highest BCUT2D eigenvalue weighted by Gasteiger charge is 2.49. The topological polar surface area (TPSA) is 118 Å². The molecule has 0 unspecified atom stereocenters. The molecule has 2 aromatic carbocycles. The van der Waals surface area contributed by atoms with Crippen LogP contribution in [0.25, 0.3) is 33.6 Å². The number of rotatable bonds is 11. The molecule has 2 atom stereocenters. The lowest BCUT2D eigenvalue weighted by molar-refractivity contribution is -0.121. The van der Waals surface area contributed by atoms with E-state index in [9.17, 15) is 9.59 Å². The molecular formula is C38H40Cl2N6O4. The smallest absolute Gasteiger partial charge is 0.220 e. The van der Waals surface area contributed by atoms with E-state index in [4.69, 9.17) is 42.6 Å². The number of carbonyl (C=O) groups is 2. The average Bonchev–Trinajstić information content (AvgIpc) is 3.72. The second-order valence-electron chi connectivity index (χ2n) is 13.3. The molecule has 260 valence electrons. The Morgan fingerprint density at radius 2 is 1.48 bits per heavy atom. The van der Waals surface area contributed by atoms with E-state index in [0.717, 1.165) is 59.3 Å². The molecule has 1 spiro atoms. The molecule has 7 rings (SSSR count). The van der Waals surface area contributed by atoms with E-state index in [-0.39, 0.29) is 29.4 Å². The lowest BCUT2D eigenvalue weighted by Gasteiger charge is -2.50. The summed E-state index contributed by atoms with van der Waals surface area (Å²) < 4.78 is 11.4. The van der Waals surface area contributed by atoms with Crippen molar-refractivity contribution in [3.63, 3.8) is 0 Å². The van der Waals surface area contributed by atoms with Gasteiger partial charge in [-0.05, 0) is 38.0 Å². The molecule has 0 radical (unpaired) electrons. The Labute approximate surface area is 301 Å². The van der Waals surface area contributed by atoms with Crippen molar-refractivity contribution < 1.29 is 19.1 Å². The molecular weight excluding hydrogens is 675 g/mol. The minimum Gasteiger partial charge on any atom is -0.481 e. The number of halogens is 2. The van der Waals surface area contributed by atoms with E-state index in [1.807, 2.05) is 60.7 Å². The number of nitrogens with zero attached hydrogens (tertiary/aromatic N) is 3. The standard InChI is InChI=1S/C38H40Cl2N6O4/c1-22(46-20-38(21-46)17-16-33(48)45-38)25-12-14-31(44-37(25)50-3)29-9-5-7-27(35(29)40)26-6-4-8-28(34(26)39)30-13-10-23(36(43-30)49-2)18-41-19-24-11-15-32(47)42-24/h4-10,12-14,22,24,41H,11,15-21H2,1-3H3,(H,42,47)(H,45,48)/t22-,24+/m1/s1.